The fraction of sp³-hybridized carbons (Fsp3) is 0.604. The van der Waals surface area contributed by atoms with Crippen molar-refractivity contribution >= 4 is 36.3 Å². The van der Waals surface area contributed by atoms with Gasteiger partial charge in [0.25, 0.3) is 0 Å². The van der Waals surface area contributed by atoms with E-state index in [0.717, 1.165) is 5.56 Å². The molecule has 1 amide bonds. The normalized spacial score (nSPS) is 19.9. The maximum Gasteiger partial charge on any atom is 0.350 e. The number of nitrogens with one attached hydrogen (secondary N) is 1. The van der Waals surface area contributed by atoms with Crippen molar-refractivity contribution in [3.05, 3.63) is 89.4 Å². The van der Waals surface area contributed by atoms with E-state index < -0.39 is 79.3 Å². The van der Waals surface area contributed by atoms with Crippen molar-refractivity contribution < 1.29 is 104 Å². The summed E-state index contributed by atoms with van der Waals surface area (Å²) in [5, 5.41) is 38.2. The van der Waals surface area contributed by atoms with Crippen molar-refractivity contribution in [1.82, 2.24) is 40.1 Å². The van der Waals surface area contributed by atoms with Gasteiger partial charge in [-0.1, -0.05) is 35.5 Å². The molecule has 1 unspecified atom stereocenters. The number of esters is 1. The Morgan fingerprint density at radius 1 is 0.800 bits per heavy atom. The Bertz CT molecular complexity index is 2920. The minimum atomic E-state index is -4.47. The van der Waals surface area contributed by atoms with Crippen LogP contribution in [0.25, 0.3) is 11.0 Å². The van der Waals surface area contributed by atoms with Crippen LogP contribution in [-0.4, -0.2) is 222 Å². The van der Waals surface area contributed by atoms with Crippen LogP contribution >= 0.6 is 7.60 Å². The van der Waals surface area contributed by atoms with Gasteiger partial charge in [-0.15, -0.1) is 5.10 Å². The third-order valence-corrected chi connectivity index (χ3v) is 14.0. The van der Waals surface area contributed by atoms with Crippen LogP contribution in [-0.2, 0) is 79.4 Å². The first-order valence-corrected chi connectivity index (χ1v) is 29.3. The van der Waals surface area contributed by atoms with E-state index in [0.29, 0.717) is 146 Å². The maximum atomic E-state index is 13.6. The second-order valence-electron chi connectivity index (χ2n) is 19.9. The number of rotatable bonds is 40. The lowest BCUT2D eigenvalue weighted by atomic mass is 9.97. The summed E-state index contributed by atoms with van der Waals surface area (Å²) in [6, 6.07) is 9.94. The SMILES string of the molecule is Cc1nc(N2CC(C(=O)N[C@@H](COCCOCCOCCOCCOCc3cn(CCOCCOCCOCCOCCC(=O)Oc4c(F)cc(F)cc4F)nn3)c3ccccc3)C2)c2cnn([C@@H]3OC4(C[C@@H]4OCP(=O)(O)O)[C@@H](O)[C@H]3O)c2n1. The topological polar surface area (TPSA) is 332 Å². The average Bonchev–Trinajstić information content (AvgIpc) is 1.62. The zero-order valence-electron chi connectivity index (χ0n) is 46.7. The number of hydrogen-bond acceptors (Lipinski definition) is 23. The summed E-state index contributed by atoms with van der Waals surface area (Å²) in [6.45, 7) is 8.32. The number of ether oxygens (including phenoxy) is 12. The molecule has 0 bridgehead atoms. The van der Waals surface area contributed by atoms with Crippen LogP contribution in [0, 0.1) is 30.3 Å². The van der Waals surface area contributed by atoms with Crippen molar-refractivity contribution in [2.75, 3.05) is 137 Å². The average molecular weight is 1230 g/mol. The molecule has 5 heterocycles. The molecule has 1 saturated carbocycles. The van der Waals surface area contributed by atoms with E-state index in [9.17, 15) is 47.3 Å². The van der Waals surface area contributed by atoms with E-state index in [1.54, 1.807) is 17.8 Å². The molecule has 85 heavy (non-hydrogen) atoms. The van der Waals surface area contributed by atoms with E-state index in [2.05, 4.69) is 35.4 Å². The number of fused-ring (bicyclic) bond motifs is 1. The van der Waals surface area contributed by atoms with Gasteiger partial charge in [0.1, 0.15) is 47.3 Å². The number of aliphatic hydroxyl groups is 2. The molecule has 2 aliphatic heterocycles. The first-order valence-electron chi connectivity index (χ1n) is 27.5. The van der Waals surface area contributed by atoms with E-state index in [4.69, 9.17) is 52.1 Å². The maximum absolute atomic E-state index is 13.6. The quantitative estimate of drug-likeness (QED) is 0.0161. The zero-order chi connectivity index (χ0) is 60.2. The molecule has 0 radical (unpaired) electrons. The fourth-order valence-corrected chi connectivity index (χ4v) is 9.42. The number of amides is 1. The zero-order valence-corrected chi connectivity index (χ0v) is 47.6. The lowest BCUT2D eigenvalue weighted by Crippen LogP contribution is -2.54. The number of aromatic nitrogens is 7. The van der Waals surface area contributed by atoms with Gasteiger partial charge in [0.15, 0.2) is 23.5 Å². The minimum Gasteiger partial charge on any atom is -0.420 e. The minimum absolute atomic E-state index is 0.0604. The van der Waals surface area contributed by atoms with Gasteiger partial charge in [-0.05, 0) is 12.5 Å². The van der Waals surface area contributed by atoms with E-state index in [1.807, 2.05) is 35.2 Å². The lowest BCUT2D eigenvalue weighted by Gasteiger charge is -2.40. The van der Waals surface area contributed by atoms with E-state index in [1.165, 1.54) is 10.9 Å². The fourth-order valence-electron chi connectivity index (χ4n) is 9.05. The van der Waals surface area contributed by atoms with Gasteiger partial charge in [0, 0.05) is 31.6 Å². The van der Waals surface area contributed by atoms with Crippen LogP contribution in [0.5, 0.6) is 5.75 Å². The molecule has 6 atom stereocenters. The Hall–Kier alpha value is -5.71. The van der Waals surface area contributed by atoms with Crippen LogP contribution < -0.4 is 15.0 Å². The highest BCUT2D eigenvalue weighted by Crippen LogP contribution is 2.56. The molecule has 5 aromatic rings. The Labute approximate surface area is 486 Å². The number of anilines is 1. The summed E-state index contributed by atoms with van der Waals surface area (Å²) >= 11 is 0. The summed E-state index contributed by atoms with van der Waals surface area (Å²) in [6.07, 6.45) is -2.53. The molecule has 3 aliphatic rings. The van der Waals surface area contributed by atoms with Gasteiger partial charge in [0.2, 0.25) is 11.7 Å². The summed E-state index contributed by atoms with van der Waals surface area (Å²) in [7, 11) is -4.47. The molecule has 3 aromatic heterocycles. The summed E-state index contributed by atoms with van der Waals surface area (Å²) in [5.41, 5.74) is 0.527. The monoisotopic (exact) mass is 1230 g/mol. The van der Waals surface area contributed by atoms with Gasteiger partial charge in [-0.2, -0.15) is 5.10 Å². The number of halogens is 3. The highest BCUT2D eigenvalue weighted by Gasteiger charge is 2.70. The molecule has 1 aliphatic carbocycles. The largest absolute Gasteiger partial charge is 0.420 e. The lowest BCUT2D eigenvalue weighted by molar-refractivity contribution is -0.136. The predicted octanol–water partition coefficient (Wildman–Crippen LogP) is 1.70. The third-order valence-electron chi connectivity index (χ3n) is 13.5. The Morgan fingerprint density at radius 2 is 1.39 bits per heavy atom. The number of nitrogens with zero attached hydrogens (tertiary/aromatic N) is 8. The molecule has 5 N–H and O–H groups in total. The Morgan fingerprint density at radius 3 is 2.01 bits per heavy atom. The molecule has 3 fully saturated rings. The molecular formula is C53H71F3N9O19P. The van der Waals surface area contributed by atoms with Gasteiger partial charge in [-0.3, -0.25) is 14.2 Å². The van der Waals surface area contributed by atoms with Gasteiger partial charge < -0.3 is 87.1 Å². The standard InChI is InChI=1S/C53H71F3N9O19P/c1-35-58-49(40-28-57-65(50(40)59-35)52-46(67)48(68)53(84-52)27-44(53)82-34-85(70,71)72)63-29-37(30-63)51(69)60-43(36-5-3-2-4-6-36)33-81-24-22-79-20-18-77-17-19-78-21-23-80-32-39-31-64(62-61-39)8-10-74-12-14-76-16-15-75-13-11-73-9-7-45(66)83-47-41(55)25-38(54)26-42(47)56/h2-6,25-26,28,31,37,43-44,46,48,52,67-68H,7-24,27,29-30,32-34H2,1H3,(H,60,69)(H2,70,71,72)/t43-,44-,46+,48-,52+,53?/m0/s1. The van der Waals surface area contributed by atoms with Crippen molar-refractivity contribution in [1.29, 1.82) is 0 Å². The number of aryl methyl sites for hydroxylation is 1. The highest BCUT2D eigenvalue weighted by molar-refractivity contribution is 7.51. The van der Waals surface area contributed by atoms with E-state index >= 15 is 0 Å². The molecule has 468 valence electrons. The van der Waals surface area contributed by atoms with Crippen molar-refractivity contribution in [2.24, 2.45) is 5.92 Å². The number of carbonyl (C=O) groups excluding carboxylic acids is 2. The second-order valence-corrected chi connectivity index (χ2v) is 21.4. The molecule has 28 nitrogen and oxygen atoms in total. The first-order chi connectivity index (χ1) is 41.1. The molecule has 2 aromatic carbocycles. The van der Waals surface area contributed by atoms with Crippen LogP contribution in [0.1, 0.15) is 42.2 Å². The molecular weight excluding hydrogens is 1150 g/mol. The predicted molar refractivity (Wildman–Crippen MR) is 287 cm³/mol. The van der Waals surface area contributed by atoms with Crippen LogP contribution in [0.3, 0.4) is 0 Å². The molecule has 1 spiro atoms. The number of hydrogen-bond donors (Lipinski definition) is 5. The van der Waals surface area contributed by atoms with Gasteiger partial charge >= 0.3 is 13.6 Å². The number of carbonyl (C=O) groups is 2. The number of aliphatic hydroxyl groups excluding tert-OH is 2. The third kappa shape index (κ3) is 19.4. The van der Waals surface area contributed by atoms with Crippen LogP contribution in [0.2, 0.25) is 0 Å². The van der Waals surface area contributed by atoms with Gasteiger partial charge in [-0.25, -0.2) is 32.5 Å². The molecule has 8 rings (SSSR count). The number of benzene rings is 2. The first kappa shape index (κ1) is 65.3. The summed E-state index contributed by atoms with van der Waals surface area (Å²) in [4.78, 5) is 55.0. The van der Waals surface area contributed by atoms with Crippen molar-refractivity contribution in [3.63, 3.8) is 0 Å². The van der Waals surface area contributed by atoms with Crippen LogP contribution in [0.15, 0.2) is 54.9 Å². The Kier molecular flexibility index (Phi) is 24.8. The second kappa shape index (κ2) is 32.3. The van der Waals surface area contributed by atoms with Crippen molar-refractivity contribution in [2.45, 2.75) is 69.1 Å². The summed E-state index contributed by atoms with van der Waals surface area (Å²) < 4.78 is 121. The highest BCUT2D eigenvalue weighted by atomic mass is 31.2. The molecule has 32 heteroatoms. The molecule has 2 saturated heterocycles. The summed E-state index contributed by atoms with van der Waals surface area (Å²) in [5.74, 6) is -5.22. The van der Waals surface area contributed by atoms with E-state index in [-0.39, 0.29) is 57.7 Å². The van der Waals surface area contributed by atoms with Gasteiger partial charge in [0.05, 0.1) is 168 Å². The van der Waals surface area contributed by atoms with Crippen molar-refractivity contribution in [3.8, 4) is 5.75 Å². The van der Waals surface area contributed by atoms with Crippen LogP contribution in [0.4, 0.5) is 19.0 Å². The smallest absolute Gasteiger partial charge is 0.350 e. The Balaban J connectivity index is 0.598.